The average Bonchev–Trinajstić information content (AvgIpc) is 3.08. The molecule has 2 aromatic rings. The first-order valence-corrected chi connectivity index (χ1v) is 6.42. The molecule has 18 heavy (non-hydrogen) atoms. The molecular formula is C13H10N2O2S. The van der Waals surface area contributed by atoms with Gasteiger partial charge in [0.15, 0.2) is 10.9 Å². The minimum absolute atomic E-state index is 0.00605. The van der Waals surface area contributed by atoms with Crippen molar-refractivity contribution in [2.45, 2.75) is 6.42 Å². The smallest absolute Gasteiger partial charge is 0.230 e. The maximum Gasteiger partial charge on any atom is 0.230 e. The Kier molecular flexibility index (Phi) is 2.65. The number of carbonyl (C=O) groups excluding carboxylic acids is 1. The number of terminal acetylenes is 1. The fraction of sp³-hybridized carbons (Fsp3) is 0.231. The summed E-state index contributed by atoms with van der Waals surface area (Å²) in [4.78, 5) is 17.9. The number of nitrogens with zero attached hydrogens (tertiary/aromatic N) is 2. The molecule has 1 aliphatic heterocycles. The second-order valence-electron chi connectivity index (χ2n) is 4.06. The molecule has 1 amide bonds. The van der Waals surface area contributed by atoms with E-state index in [9.17, 15) is 4.79 Å². The number of amides is 1. The summed E-state index contributed by atoms with van der Waals surface area (Å²) in [6.07, 6.45) is 7.37. The molecule has 3 rings (SSSR count). The summed E-state index contributed by atoms with van der Waals surface area (Å²) in [6.45, 7) is 0.556. The highest BCUT2D eigenvalue weighted by atomic mass is 32.1. The van der Waals surface area contributed by atoms with Crippen molar-refractivity contribution in [2.75, 3.05) is 11.4 Å². The third kappa shape index (κ3) is 1.81. The van der Waals surface area contributed by atoms with Crippen molar-refractivity contribution in [1.29, 1.82) is 0 Å². The molecule has 0 aromatic carbocycles. The Labute approximate surface area is 108 Å². The van der Waals surface area contributed by atoms with Gasteiger partial charge in [-0.3, -0.25) is 9.69 Å². The van der Waals surface area contributed by atoms with Gasteiger partial charge in [0, 0.05) is 24.3 Å². The van der Waals surface area contributed by atoms with Crippen LogP contribution < -0.4 is 4.90 Å². The predicted molar refractivity (Wildman–Crippen MR) is 69.1 cm³/mol. The van der Waals surface area contributed by atoms with E-state index in [1.54, 1.807) is 11.2 Å². The standard InChI is InChI=1S/C13H10N2O2S/c1-2-9-6-12(16)15(7-9)13-14-10(8-18-13)11-4-3-5-17-11/h1,3-5,8-9H,6-7H2. The van der Waals surface area contributed by atoms with Crippen LogP contribution in [0.4, 0.5) is 5.13 Å². The Bertz CT molecular complexity index is 609. The van der Waals surface area contributed by atoms with Gasteiger partial charge in [-0.1, -0.05) is 0 Å². The number of aromatic nitrogens is 1. The topological polar surface area (TPSA) is 46.3 Å². The number of furan rings is 1. The molecule has 1 saturated heterocycles. The van der Waals surface area contributed by atoms with Crippen LogP contribution in [0, 0.1) is 18.3 Å². The molecule has 1 fully saturated rings. The molecule has 0 aliphatic carbocycles. The van der Waals surface area contributed by atoms with Crippen LogP contribution in [0.1, 0.15) is 6.42 Å². The van der Waals surface area contributed by atoms with Gasteiger partial charge in [0.05, 0.1) is 6.26 Å². The lowest BCUT2D eigenvalue weighted by atomic mass is 10.1. The Morgan fingerprint density at radius 2 is 2.50 bits per heavy atom. The van der Waals surface area contributed by atoms with Gasteiger partial charge in [-0.05, 0) is 12.1 Å². The SMILES string of the molecule is C#CC1CC(=O)N(c2nc(-c3ccco3)cs2)C1. The van der Waals surface area contributed by atoms with E-state index in [0.717, 1.165) is 5.69 Å². The molecule has 5 heteroatoms. The van der Waals surface area contributed by atoms with Gasteiger partial charge in [0.2, 0.25) is 5.91 Å². The highest BCUT2D eigenvalue weighted by molar-refractivity contribution is 7.14. The van der Waals surface area contributed by atoms with Crippen LogP contribution in [0.25, 0.3) is 11.5 Å². The number of rotatable bonds is 2. The minimum Gasteiger partial charge on any atom is -0.463 e. The molecule has 2 aromatic heterocycles. The molecule has 1 atom stereocenters. The monoisotopic (exact) mass is 258 g/mol. The van der Waals surface area contributed by atoms with Gasteiger partial charge in [0.1, 0.15) is 5.69 Å². The molecular weight excluding hydrogens is 248 g/mol. The lowest BCUT2D eigenvalue weighted by molar-refractivity contribution is -0.117. The summed E-state index contributed by atoms with van der Waals surface area (Å²) in [5.41, 5.74) is 0.747. The summed E-state index contributed by atoms with van der Waals surface area (Å²) in [7, 11) is 0. The van der Waals surface area contributed by atoms with Crippen molar-refractivity contribution >= 4 is 22.4 Å². The molecule has 90 valence electrons. The predicted octanol–water partition coefficient (Wildman–Crippen LogP) is 2.39. The van der Waals surface area contributed by atoms with Crippen LogP contribution in [0.5, 0.6) is 0 Å². The first-order valence-electron chi connectivity index (χ1n) is 5.54. The lowest BCUT2D eigenvalue weighted by Crippen LogP contribution is -2.24. The fourth-order valence-corrected chi connectivity index (χ4v) is 2.77. The van der Waals surface area contributed by atoms with E-state index in [1.165, 1.54) is 11.3 Å². The van der Waals surface area contributed by atoms with Gasteiger partial charge >= 0.3 is 0 Å². The van der Waals surface area contributed by atoms with Gasteiger partial charge in [0.25, 0.3) is 0 Å². The van der Waals surface area contributed by atoms with Gasteiger partial charge in [-0.2, -0.15) is 0 Å². The molecule has 0 saturated carbocycles. The number of hydrogen-bond acceptors (Lipinski definition) is 4. The summed E-state index contributed by atoms with van der Waals surface area (Å²) < 4.78 is 5.27. The maximum absolute atomic E-state index is 11.8. The molecule has 0 spiro atoms. The maximum atomic E-state index is 11.8. The molecule has 0 bridgehead atoms. The largest absolute Gasteiger partial charge is 0.463 e. The van der Waals surface area contributed by atoms with E-state index < -0.39 is 0 Å². The summed E-state index contributed by atoms with van der Waals surface area (Å²) >= 11 is 1.43. The number of hydrogen-bond donors (Lipinski definition) is 0. The van der Waals surface area contributed by atoms with E-state index in [2.05, 4.69) is 10.9 Å². The molecule has 0 N–H and O–H groups in total. The normalized spacial score (nSPS) is 19.2. The summed E-state index contributed by atoms with van der Waals surface area (Å²) in [6, 6.07) is 3.65. The minimum atomic E-state index is -0.00605. The van der Waals surface area contributed by atoms with E-state index in [0.29, 0.717) is 23.9 Å². The highest BCUT2D eigenvalue weighted by Gasteiger charge is 2.31. The van der Waals surface area contributed by atoms with Crippen LogP contribution >= 0.6 is 11.3 Å². The lowest BCUT2D eigenvalue weighted by Gasteiger charge is -2.10. The molecule has 3 heterocycles. The third-order valence-electron chi connectivity index (χ3n) is 2.86. The Morgan fingerprint density at radius 3 is 3.17 bits per heavy atom. The zero-order valence-corrected chi connectivity index (χ0v) is 10.3. The number of thiazole rings is 1. The van der Waals surface area contributed by atoms with Crippen molar-refractivity contribution in [3.05, 3.63) is 23.8 Å². The van der Waals surface area contributed by atoms with Gasteiger partial charge < -0.3 is 4.42 Å². The Morgan fingerprint density at radius 1 is 1.61 bits per heavy atom. The third-order valence-corrected chi connectivity index (χ3v) is 3.72. The average molecular weight is 258 g/mol. The van der Waals surface area contributed by atoms with Crippen LogP contribution in [0.15, 0.2) is 28.2 Å². The number of anilines is 1. The molecule has 0 radical (unpaired) electrons. The van der Waals surface area contributed by atoms with Crippen LogP contribution in [-0.4, -0.2) is 17.4 Å². The Balaban J connectivity index is 1.86. The van der Waals surface area contributed by atoms with Crippen molar-refractivity contribution in [3.8, 4) is 23.8 Å². The first-order chi connectivity index (χ1) is 8.78. The zero-order chi connectivity index (χ0) is 12.5. The Hall–Kier alpha value is -2.06. The molecule has 1 unspecified atom stereocenters. The molecule has 4 nitrogen and oxygen atoms in total. The summed E-state index contributed by atoms with van der Waals surface area (Å²) in [5.74, 6) is 3.36. The van der Waals surface area contributed by atoms with Crippen LogP contribution in [-0.2, 0) is 4.79 Å². The first kappa shape index (κ1) is 11.1. The highest BCUT2D eigenvalue weighted by Crippen LogP contribution is 2.31. The second-order valence-corrected chi connectivity index (χ2v) is 4.90. The van der Waals surface area contributed by atoms with Crippen LogP contribution in [0.2, 0.25) is 0 Å². The van der Waals surface area contributed by atoms with E-state index in [-0.39, 0.29) is 11.8 Å². The van der Waals surface area contributed by atoms with E-state index in [4.69, 9.17) is 10.8 Å². The van der Waals surface area contributed by atoms with Gasteiger partial charge in [-0.15, -0.1) is 23.7 Å². The number of carbonyl (C=O) groups is 1. The fourth-order valence-electron chi connectivity index (χ4n) is 1.93. The van der Waals surface area contributed by atoms with E-state index in [1.807, 2.05) is 17.5 Å². The quantitative estimate of drug-likeness (QED) is 0.777. The van der Waals surface area contributed by atoms with E-state index >= 15 is 0 Å². The van der Waals surface area contributed by atoms with Crippen molar-refractivity contribution in [2.24, 2.45) is 5.92 Å². The van der Waals surface area contributed by atoms with Crippen molar-refractivity contribution in [3.63, 3.8) is 0 Å². The molecule has 1 aliphatic rings. The van der Waals surface area contributed by atoms with Gasteiger partial charge in [-0.25, -0.2) is 4.98 Å². The van der Waals surface area contributed by atoms with Crippen molar-refractivity contribution in [1.82, 2.24) is 4.98 Å². The van der Waals surface area contributed by atoms with Crippen molar-refractivity contribution < 1.29 is 9.21 Å². The second kappa shape index (κ2) is 4.31. The zero-order valence-electron chi connectivity index (χ0n) is 9.50. The van der Waals surface area contributed by atoms with Crippen LogP contribution in [0.3, 0.4) is 0 Å². The summed E-state index contributed by atoms with van der Waals surface area (Å²) in [5, 5.41) is 2.56.